The number of hydrogen-bond donors (Lipinski definition) is 0. The summed E-state index contributed by atoms with van der Waals surface area (Å²) >= 11 is 0. The van der Waals surface area contributed by atoms with Gasteiger partial charge in [0.05, 0.1) is 23.4 Å². The van der Waals surface area contributed by atoms with Crippen LogP contribution in [0.3, 0.4) is 0 Å². The standard InChI is InChI=1S/C20H32B2O4/c1-17(2)11-7-13(17)19(5)15(9-11)23-21(25-19)22-24-16-10-12-8-14(18(12,3)4)20(16,6)26-22/h11-16H,7-10H2,1-6H3/t11-,12-,13+,14+,15-,16-,19+,20+/m1/s1. The summed E-state index contributed by atoms with van der Waals surface area (Å²) in [5.41, 5.74) is 0.357. The molecule has 4 nitrogen and oxygen atoms in total. The lowest BCUT2D eigenvalue weighted by atomic mass is 9.43. The first-order valence-corrected chi connectivity index (χ1v) is 10.7. The zero-order valence-electron chi connectivity index (χ0n) is 17.1. The second-order valence-electron chi connectivity index (χ2n) is 11.7. The fourth-order valence-corrected chi connectivity index (χ4v) is 8.03. The van der Waals surface area contributed by atoms with E-state index in [0.717, 1.165) is 24.7 Å². The van der Waals surface area contributed by atoms with Gasteiger partial charge in [-0.05, 0) is 74.0 Å². The van der Waals surface area contributed by atoms with E-state index in [0.29, 0.717) is 22.7 Å². The molecule has 8 atom stereocenters. The molecule has 0 unspecified atom stereocenters. The summed E-state index contributed by atoms with van der Waals surface area (Å²) in [7, 11) is -0.745. The lowest BCUT2D eigenvalue weighted by molar-refractivity contribution is -0.200. The molecule has 6 aliphatic carbocycles. The SMILES string of the molecule is CC1(C)[C@H]2C[C@H]3OB(B4O[C@@H]5C[C@H]6C[C@@H](C6(C)C)[C@]5(C)O4)O[C@@]3(C)[C@H]1C2. The molecule has 0 radical (unpaired) electrons. The fourth-order valence-electron chi connectivity index (χ4n) is 8.03. The predicted octanol–water partition coefficient (Wildman–Crippen LogP) is 3.52. The molecular weight excluding hydrogens is 326 g/mol. The highest BCUT2D eigenvalue weighted by atomic mass is 16.7. The first-order chi connectivity index (χ1) is 12.1. The van der Waals surface area contributed by atoms with Crippen LogP contribution >= 0.6 is 0 Å². The first-order valence-electron chi connectivity index (χ1n) is 10.7. The van der Waals surface area contributed by atoms with Gasteiger partial charge in [0.1, 0.15) is 0 Å². The minimum Gasteiger partial charge on any atom is -0.407 e. The van der Waals surface area contributed by atoms with Crippen LogP contribution in [-0.2, 0) is 18.6 Å². The summed E-state index contributed by atoms with van der Waals surface area (Å²) in [6.07, 6.45) is 5.17. The molecule has 0 aromatic heterocycles. The molecule has 6 heteroatoms. The Morgan fingerprint density at radius 1 is 0.615 bits per heavy atom. The molecule has 2 saturated heterocycles. The summed E-state index contributed by atoms with van der Waals surface area (Å²) in [5, 5.41) is 0. The third-order valence-corrected chi connectivity index (χ3v) is 10.2. The Hall–Kier alpha value is -0.0301. The molecule has 8 aliphatic rings. The van der Waals surface area contributed by atoms with Gasteiger partial charge in [0.25, 0.3) is 0 Å². The van der Waals surface area contributed by atoms with Gasteiger partial charge < -0.3 is 18.6 Å². The quantitative estimate of drug-likeness (QED) is 0.673. The molecule has 8 rings (SSSR count). The Labute approximate surface area is 158 Å². The van der Waals surface area contributed by atoms with Crippen molar-refractivity contribution < 1.29 is 18.6 Å². The van der Waals surface area contributed by atoms with Crippen LogP contribution in [-0.4, -0.2) is 37.4 Å². The van der Waals surface area contributed by atoms with E-state index in [-0.39, 0.29) is 37.4 Å². The molecular formula is C20H32B2O4. The van der Waals surface area contributed by atoms with E-state index in [1.165, 1.54) is 12.8 Å². The summed E-state index contributed by atoms with van der Waals surface area (Å²) in [6.45, 7) is 14.1. The molecule has 0 N–H and O–H groups in total. The summed E-state index contributed by atoms with van der Waals surface area (Å²) < 4.78 is 26.1. The second kappa shape index (κ2) is 4.58. The Morgan fingerprint density at radius 3 is 1.35 bits per heavy atom. The second-order valence-corrected chi connectivity index (χ2v) is 11.7. The highest BCUT2D eigenvalue weighted by Gasteiger charge is 2.73. The van der Waals surface area contributed by atoms with Crippen LogP contribution < -0.4 is 0 Å². The van der Waals surface area contributed by atoms with Gasteiger partial charge in [-0.15, -0.1) is 0 Å². The third kappa shape index (κ3) is 1.71. The van der Waals surface area contributed by atoms with Crippen molar-refractivity contribution >= 4 is 14.0 Å². The molecule has 0 amide bonds. The maximum absolute atomic E-state index is 6.60. The van der Waals surface area contributed by atoms with Gasteiger partial charge in [-0.25, -0.2) is 0 Å². The predicted molar refractivity (Wildman–Crippen MR) is 100 cm³/mol. The van der Waals surface area contributed by atoms with Crippen molar-refractivity contribution in [1.82, 2.24) is 0 Å². The molecule has 26 heavy (non-hydrogen) atoms. The highest BCUT2D eigenvalue weighted by Crippen LogP contribution is 2.67. The lowest BCUT2D eigenvalue weighted by Gasteiger charge is -2.64. The van der Waals surface area contributed by atoms with Crippen LogP contribution in [0, 0.1) is 34.5 Å². The minimum atomic E-state index is -0.372. The van der Waals surface area contributed by atoms with Gasteiger partial charge in [-0.1, -0.05) is 27.7 Å². The average molecular weight is 358 g/mol. The van der Waals surface area contributed by atoms with Gasteiger partial charge in [-0.3, -0.25) is 0 Å². The van der Waals surface area contributed by atoms with Crippen molar-refractivity contribution in [3.8, 4) is 0 Å². The number of hydrogen-bond acceptors (Lipinski definition) is 4. The maximum atomic E-state index is 6.60. The van der Waals surface area contributed by atoms with Crippen LogP contribution in [0.1, 0.15) is 67.2 Å². The summed E-state index contributed by atoms with van der Waals surface area (Å²) in [6, 6.07) is 0. The molecule has 6 saturated carbocycles. The van der Waals surface area contributed by atoms with E-state index >= 15 is 0 Å². The highest BCUT2D eigenvalue weighted by molar-refractivity contribution is 7.11. The molecule has 142 valence electrons. The van der Waals surface area contributed by atoms with Gasteiger partial charge in [-0.2, -0.15) is 0 Å². The lowest BCUT2D eigenvalue weighted by Crippen LogP contribution is -2.65. The van der Waals surface area contributed by atoms with Gasteiger partial charge in [0.2, 0.25) is 0 Å². The Balaban J connectivity index is 1.24. The fraction of sp³-hybridized carbons (Fsp3) is 1.00. The summed E-state index contributed by atoms with van der Waals surface area (Å²) in [5.74, 6) is 2.70. The van der Waals surface area contributed by atoms with Crippen LogP contribution in [0.5, 0.6) is 0 Å². The van der Waals surface area contributed by atoms with E-state index in [9.17, 15) is 0 Å². The monoisotopic (exact) mass is 358 g/mol. The van der Waals surface area contributed by atoms with Gasteiger partial charge in [0.15, 0.2) is 0 Å². The van der Waals surface area contributed by atoms with Crippen LogP contribution in [0.15, 0.2) is 0 Å². The van der Waals surface area contributed by atoms with Crippen molar-refractivity contribution in [3.63, 3.8) is 0 Å². The zero-order valence-corrected chi connectivity index (χ0v) is 17.1. The van der Waals surface area contributed by atoms with E-state index in [2.05, 4.69) is 41.5 Å². The summed E-state index contributed by atoms with van der Waals surface area (Å²) in [4.78, 5) is 0. The van der Waals surface area contributed by atoms with Crippen LogP contribution in [0.4, 0.5) is 0 Å². The average Bonchev–Trinajstić information content (AvgIpc) is 3.09. The van der Waals surface area contributed by atoms with Crippen molar-refractivity contribution in [2.75, 3.05) is 0 Å². The maximum Gasteiger partial charge on any atom is 0.488 e. The topological polar surface area (TPSA) is 36.9 Å². The Morgan fingerprint density at radius 2 is 1.00 bits per heavy atom. The largest absolute Gasteiger partial charge is 0.488 e. The zero-order chi connectivity index (χ0) is 18.3. The van der Waals surface area contributed by atoms with E-state index < -0.39 is 0 Å². The molecule has 0 aromatic rings. The minimum absolute atomic E-state index is 0.189. The van der Waals surface area contributed by atoms with E-state index in [1.54, 1.807) is 0 Å². The van der Waals surface area contributed by atoms with Crippen LogP contribution in [0.2, 0.25) is 0 Å². The van der Waals surface area contributed by atoms with E-state index in [1.807, 2.05) is 0 Å². The van der Waals surface area contributed by atoms with Crippen molar-refractivity contribution in [3.05, 3.63) is 0 Å². The van der Waals surface area contributed by atoms with Gasteiger partial charge in [0, 0.05) is 0 Å². The van der Waals surface area contributed by atoms with Crippen molar-refractivity contribution in [2.45, 2.75) is 90.6 Å². The Kier molecular flexibility index (Phi) is 2.97. The van der Waals surface area contributed by atoms with Gasteiger partial charge >= 0.3 is 14.0 Å². The molecule has 4 bridgehead atoms. The third-order valence-electron chi connectivity index (χ3n) is 10.2. The Bertz CT molecular complexity index is 612. The van der Waals surface area contributed by atoms with Crippen molar-refractivity contribution in [1.29, 1.82) is 0 Å². The molecule has 0 spiro atoms. The van der Waals surface area contributed by atoms with Crippen molar-refractivity contribution in [2.24, 2.45) is 34.5 Å². The normalized spacial score (nSPS) is 57.9. The molecule has 8 fully saturated rings. The first kappa shape index (κ1) is 16.9. The molecule has 0 aromatic carbocycles. The van der Waals surface area contributed by atoms with Crippen LogP contribution in [0.25, 0.3) is 0 Å². The molecule has 2 heterocycles. The van der Waals surface area contributed by atoms with E-state index in [4.69, 9.17) is 18.6 Å². The smallest absolute Gasteiger partial charge is 0.407 e. The molecule has 2 aliphatic heterocycles. The number of rotatable bonds is 1.